The number of rotatable bonds is 17. The van der Waals surface area contributed by atoms with E-state index >= 15 is 0 Å². The van der Waals surface area contributed by atoms with Gasteiger partial charge in [-0.3, -0.25) is 0 Å². The van der Waals surface area contributed by atoms with Gasteiger partial charge in [-0.2, -0.15) is 0 Å². The van der Waals surface area contributed by atoms with E-state index in [0.29, 0.717) is 23.8 Å². The highest BCUT2D eigenvalue weighted by Gasteiger charge is 2.21. The number of ether oxygens (including phenoxy) is 3. The van der Waals surface area contributed by atoms with Gasteiger partial charge in [-0.25, -0.2) is 4.79 Å². The molecule has 1 aliphatic rings. The highest BCUT2D eigenvalue weighted by atomic mass is 16.5. The Morgan fingerprint density at radius 3 is 2.18 bits per heavy atom. The summed E-state index contributed by atoms with van der Waals surface area (Å²) in [6.45, 7) is 9.84. The van der Waals surface area contributed by atoms with E-state index in [-0.39, 0.29) is 5.97 Å². The Kier molecular flexibility index (Phi) is 13.3. The Balaban J connectivity index is 1.32. The maximum Gasteiger partial charge on any atom is 0.343 e. The predicted octanol–water partition coefficient (Wildman–Crippen LogP) is 9.43. The molecule has 1 atom stereocenters. The fraction of sp³-hybridized carbons (Fsp3) is 0.559. The van der Waals surface area contributed by atoms with Crippen molar-refractivity contribution in [2.75, 3.05) is 13.2 Å². The van der Waals surface area contributed by atoms with Gasteiger partial charge in [-0.1, -0.05) is 64.9 Å². The second-order valence-corrected chi connectivity index (χ2v) is 11.0. The number of unbranched alkanes of at least 4 members (excludes halogenated alkanes) is 3. The smallest absolute Gasteiger partial charge is 0.343 e. The van der Waals surface area contributed by atoms with Gasteiger partial charge in [0.2, 0.25) is 0 Å². The fourth-order valence-corrected chi connectivity index (χ4v) is 5.07. The maximum atomic E-state index is 12.6. The Labute approximate surface area is 230 Å². The summed E-state index contributed by atoms with van der Waals surface area (Å²) in [7, 11) is 0. The first-order valence-electron chi connectivity index (χ1n) is 14.9. The van der Waals surface area contributed by atoms with E-state index in [1.165, 1.54) is 64.2 Å². The molecule has 0 aliphatic heterocycles. The van der Waals surface area contributed by atoms with Gasteiger partial charge in [0.05, 0.1) is 18.8 Å². The lowest BCUT2D eigenvalue weighted by Gasteiger charge is -2.28. The number of esters is 1. The number of benzene rings is 2. The average Bonchev–Trinajstić information content (AvgIpc) is 2.95. The molecule has 1 saturated carbocycles. The third-order valence-electron chi connectivity index (χ3n) is 7.90. The first kappa shape index (κ1) is 29.8. The predicted molar refractivity (Wildman–Crippen MR) is 156 cm³/mol. The number of hydrogen-bond acceptors (Lipinski definition) is 4. The normalized spacial score (nSPS) is 17.9. The van der Waals surface area contributed by atoms with Crippen LogP contribution in [0, 0.1) is 17.8 Å². The van der Waals surface area contributed by atoms with E-state index in [4.69, 9.17) is 14.2 Å². The Morgan fingerprint density at radius 1 is 0.868 bits per heavy atom. The van der Waals surface area contributed by atoms with Crippen LogP contribution in [0.3, 0.4) is 0 Å². The molecule has 38 heavy (non-hydrogen) atoms. The second kappa shape index (κ2) is 17.0. The van der Waals surface area contributed by atoms with Crippen molar-refractivity contribution in [1.82, 2.24) is 0 Å². The summed E-state index contributed by atoms with van der Waals surface area (Å²) in [5, 5.41) is 0. The van der Waals surface area contributed by atoms with Crippen LogP contribution in [0.1, 0.15) is 101 Å². The van der Waals surface area contributed by atoms with E-state index in [1.54, 1.807) is 24.3 Å². The quantitative estimate of drug-likeness (QED) is 0.0902. The molecule has 4 heteroatoms. The molecular weight excluding hydrogens is 472 g/mol. The van der Waals surface area contributed by atoms with Crippen molar-refractivity contribution < 1.29 is 19.0 Å². The Hall–Kier alpha value is -2.75. The summed E-state index contributed by atoms with van der Waals surface area (Å²) in [6.07, 6.45) is 16.9. The number of hydrogen-bond donors (Lipinski definition) is 0. The van der Waals surface area contributed by atoms with Gasteiger partial charge >= 0.3 is 5.97 Å². The van der Waals surface area contributed by atoms with Crippen molar-refractivity contribution >= 4 is 5.97 Å². The van der Waals surface area contributed by atoms with Gasteiger partial charge < -0.3 is 14.2 Å². The van der Waals surface area contributed by atoms with Gasteiger partial charge in [-0.05, 0) is 98.4 Å². The number of allylic oxidation sites excluding steroid dienone is 1. The molecule has 2 aromatic rings. The molecule has 1 unspecified atom stereocenters. The van der Waals surface area contributed by atoms with Crippen LogP contribution in [-0.4, -0.2) is 19.2 Å². The van der Waals surface area contributed by atoms with Crippen LogP contribution in [0.4, 0.5) is 0 Å². The zero-order chi connectivity index (χ0) is 27.0. The van der Waals surface area contributed by atoms with Crippen molar-refractivity contribution in [3.63, 3.8) is 0 Å². The molecule has 0 amide bonds. The van der Waals surface area contributed by atoms with Crippen LogP contribution in [0.5, 0.6) is 17.2 Å². The lowest BCUT2D eigenvalue weighted by Crippen LogP contribution is -2.20. The highest BCUT2D eigenvalue weighted by Crippen LogP contribution is 2.32. The summed E-state index contributed by atoms with van der Waals surface area (Å²) in [4.78, 5) is 12.6. The standard InChI is InChI=1S/C34H48O4/c1-4-6-8-12-28-13-15-29(16-14-28)26-37-32-21-23-33(24-22-32)38-34(35)30-17-19-31(20-18-30)36-25-10-7-9-11-27(3)5-2/h4,17-24,27-29H,1,5-16,25-26H2,2-3H3. The lowest BCUT2D eigenvalue weighted by molar-refractivity contribution is 0.0734. The zero-order valence-electron chi connectivity index (χ0n) is 23.7. The minimum atomic E-state index is -0.375. The van der Waals surface area contributed by atoms with Crippen molar-refractivity contribution in [2.24, 2.45) is 17.8 Å². The van der Waals surface area contributed by atoms with E-state index in [0.717, 1.165) is 42.8 Å². The molecule has 2 aromatic carbocycles. The molecule has 3 rings (SSSR count). The van der Waals surface area contributed by atoms with E-state index in [9.17, 15) is 4.79 Å². The summed E-state index contributed by atoms with van der Waals surface area (Å²) >= 11 is 0. The summed E-state index contributed by atoms with van der Waals surface area (Å²) in [5.41, 5.74) is 0.506. The molecule has 0 bridgehead atoms. The summed E-state index contributed by atoms with van der Waals surface area (Å²) in [6, 6.07) is 14.5. The molecule has 208 valence electrons. The maximum absolute atomic E-state index is 12.6. The first-order valence-corrected chi connectivity index (χ1v) is 14.9. The summed E-state index contributed by atoms with van der Waals surface area (Å²) in [5.74, 6) is 4.06. The summed E-state index contributed by atoms with van der Waals surface area (Å²) < 4.78 is 17.4. The van der Waals surface area contributed by atoms with Crippen molar-refractivity contribution in [3.8, 4) is 17.2 Å². The zero-order valence-corrected chi connectivity index (χ0v) is 23.7. The minimum Gasteiger partial charge on any atom is -0.494 e. The molecule has 0 N–H and O–H groups in total. The lowest BCUT2D eigenvalue weighted by atomic mass is 9.80. The third kappa shape index (κ3) is 10.9. The molecule has 0 saturated heterocycles. The van der Waals surface area contributed by atoms with Gasteiger partial charge in [0, 0.05) is 0 Å². The fourth-order valence-electron chi connectivity index (χ4n) is 5.07. The number of carbonyl (C=O) groups excluding carboxylic acids is 1. The topological polar surface area (TPSA) is 44.8 Å². The molecular formula is C34H48O4. The highest BCUT2D eigenvalue weighted by molar-refractivity contribution is 5.91. The SMILES string of the molecule is C=CCCCC1CCC(COc2ccc(OC(=O)c3ccc(OCCCCCC(C)CC)cc3)cc2)CC1. The Bertz CT molecular complexity index is 926. The van der Waals surface area contributed by atoms with Crippen molar-refractivity contribution in [1.29, 1.82) is 0 Å². The van der Waals surface area contributed by atoms with Crippen LogP contribution in [0.2, 0.25) is 0 Å². The van der Waals surface area contributed by atoms with Crippen LogP contribution >= 0.6 is 0 Å². The first-order chi connectivity index (χ1) is 18.6. The van der Waals surface area contributed by atoms with E-state index < -0.39 is 0 Å². The van der Waals surface area contributed by atoms with Gasteiger partial charge in [0.15, 0.2) is 0 Å². The van der Waals surface area contributed by atoms with Gasteiger partial charge in [0.1, 0.15) is 17.2 Å². The minimum absolute atomic E-state index is 0.375. The van der Waals surface area contributed by atoms with Gasteiger partial charge in [0.25, 0.3) is 0 Å². The molecule has 0 heterocycles. The third-order valence-corrected chi connectivity index (χ3v) is 7.90. The Morgan fingerprint density at radius 2 is 1.50 bits per heavy atom. The molecule has 1 aliphatic carbocycles. The van der Waals surface area contributed by atoms with Crippen LogP contribution in [0.15, 0.2) is 61.2 Å². The monoisotopic (exact) mass is 520 g/mol. The molecule has 0 radical (unpaired) electrons. The van der Waals surface area contributed by atoms with Crippen LogP contribution in [-0.2, 0) is 0 Å². The average molecular weight is 521 g/mol. The largest absolute Gasteiger partial charge is 0.494 e. The second-order valence-electron chi connectivity index (χ2n) is 11.0. The van der Waals surface area contributed by atoms with E-state index in [1.807, 2.05) is 30.3 Å². The molecule has 0 aromatic heterocycles. The van der Waals surface area contributed by atoms with Crippen molar-refractivity contribution in [3.05, 3.63) is 66.7 Å². The van der Waals surface area contributed by atoms with E-state index in [2.05, 4.69) is 20.4 Å². The van der Waals surface area contributed by atoms with Gasteiger partial charge in [-0.15, -0.1) is 6.58 Å². The van der Waals surface area contributed by atoms with Crippen molar-refractivity contribution in [2.45, 2.75) is 90.9 Å². The molecule has 1 fully saturated rings. The van der Waals surface area contributed by atoms with Crippen LogP contribution < -0.4 is 14.2 Å². The molecule has 4 nitrogen and oxygen atoms in total. The van der Waals surface area contributed by atoms with Crippen LogP contribution in [0.25, 0.3) is 0 Å². The number of carbonyl (C=O) groups is 1. The molecule has 0 spiro atoms.